The molecule has 0 spiro atoms. The van der Waals surface area contributed by atoms with Crippen LogP contribution in [0.15, 0.2) is 23.3 Å². The average Bonchev–Trinajstić information content (AvgIpc) is 2.61. The van der Waals surface area contributed by atoms with Crippen molar-refractivity contribution in [1.29, 1.82) is 0 Å². The Morgan fingerprint density at radius 1 is 1.67 bits per heavy atom. The molecule has 0 aliphatic carbocycles. The van der Waals surface area contributed by atoms with Crippen LogP contribution in [-0.4, -0.2) is 20.5 Å². The van der Waals surface area contributed by atoms with Crippen LogP contribution >= 0.6 is 11.3 Å². The first-order valence-corrected chi connectivity index (χ1v) is 4.87. The van der Waals surface area contributed by atoms with Crippen molar-refractivity contribution < 1.29 is 9.90 Å². The van der Waals surface area contributed by atoms with Crippen LogP contribution in [0.5, 0.6) is 0 Å². The molecule has 0 radical (unpaired) electrons. The van der Waals surface area contributed by atoms with E-state index in [1.54, 1.807) is 0 Å². The molecule has 0 bridgehead atoms. The van der Waals surface area contributed by atoms with Gasteiger partial charge in [0.05, 0.1) is 4.88 Å². The molecule has 1 atom stereocenters. The highest BCUT2D eigenvalue weighted by Crippen LogP contribution is 2.19. The molecule has 0 aromatic carbocycles. The summed E-state index contributed by atoms with van der Waals surface area (Å²) in [4.78, 5) is 26.7. The Bertz CT molecular complexity index is 574. The lowest BCUT2D eigenvalue weighted by Crippen LogP contribution is -2.19. The molecule has 3 N–H and O–H groups in total. The molecule has 0 amide bonds. The number of nitrogens with two attached hydrogens (primary N) is 1. The van der Waals surface area contributed by atoms with Gasteiger partial charge in [-0.25, -0.2) is 4.98 Å². The first kappa shape index (κ1) is 9.81. The van der Waals surface area contributed by atoms with Crippen molar-refractivity contribution in [3.8, 4) is 0 Å². The van der Waals surface area contributed by atoms with Gasteiger partial charge in [-0.05, 0) is 0 Å². The fourth-order valence-electron chi connectivity index (χ4n) is 1.12. The van der Waals surface area contributed by atoms with Gasteiger partial charge in [0.1, 0.15) is 6.04 Å². The van der Waals surface area contributed by atoms with Gasteiger partial charge in [-0.1, -0.05) is 11.3 Å². The van der Waals surface area contributed by atoms with E-state index < -0.39 is 12.0 Å². The summed E-state index contributed by atoms with van der Waals surface area (Å²) in [6.07, 6.45) is 2.79. The normalized spacial score (nSPS) is 12.9. The van der Waals surface area contributed by atoms with Crippen molar-refractivity contribution in [2.75, 3.05) is 0 Å². The monoisotopic (exact) mass is 225 g/mol. The number of carboxylic acid groups (broad SMARTS) is 1. The zero-order valence-corrected chi connectivity index (χ0v) is 8.27. The van der Waals surface area contributed by atoms with Gasteiger partial charge in [-0.15, -0.1) is 0 Å². The second-order valence-corrected chi connectivity index (χ2v) is 3.93. The first-order chi connectivity index (χ1) is 7.09. The largest absolute Gasteiger partial charge is 0.480 e. The standard InChI is InChI=1S/C8H7N3O3S/c9-6(7(13)14)4-3-11-5(12)1-2-10-8(11)15-4/h1-3,6H,9H2,(H,13,14). The molecule has 2 heterocycles. The molecule has 0 fully saturated rings. The lowest BCUT2D eigenvalue weighted by atomic mass is 10.3. The number of thiazole rings is 1. The van der Waals surface area contributed by atoms with Crippen LogP contribution in [0, 0.1) is 0 Å². The van der Waals surface area contributed by atoms with E-state index in [0.29, 0.717) is 9.84 Å². The molecule has 7 heteroatoms. The fourth-order valence-corrected chi connectivity index (χ4v) is 2.07. The highest BCUT2D eigenvalue weighted by Gasteiger charge is 2.17. The average molecular weight is 225 g/mol. The predicted molar refractivity (Wildman–Crippen MR) is 53.9 cm³/mol. The smallest absolute Gasteiger partial charge is 0.326 e. The summed E-state index contributed by atoms with van der Waals surface area (Å²) in [5, 5.41) is 8.70. The second kappa shape index (κ2) is 3.44. The number of rotatable bonds is 2. The van der Waals surface area contributed by atoms with Crippen LogP contribution < -0.4 is 11.3 Å². The van der Waals surface area contributed by atoms with Gasteiger partial charge >= 0.3 is 5.97 Å². The maximum absolute atomic E-state index is 11.3. The zero-order chi connectivity index (χ0) is 11.0. The summed E-state index contributed by atoms with van der Waals surface area (Å²) < 4.78 is 1.28. The van der Waals surface area contributed by atoms with Gasteiger partial charge in [0.15, 0.2) is 4.96 Å². The maximum atomic E-state index is 11.3. The molecule has 0 aliphatic heterocycles. The quantitative estimate of drug-likeness (QED) is 0.740. The summed E-state index contributed by atoms with van der Waals surface area (Å²) in [5.74, 6) is -1.13. The Hall–Kier alpha value is -1.73. The van der Waals surface area contributed by atoms with Crippen molar-refractivity contribution in [2.45, 2.75) is 6.04 Å². The summed E-state index contributed by atoms with van der Waals surface area (Å²) in [6, 6.07) is 0.187. The van der Waals surface area contributed by atoms with Crippen molar-refractivity contribution in [3.63, 3.8) is 0 Å². The molecule has 0 aliphatic rings. The number of carbonyl (C=O) groups is 1. The van der Waals surface area contributed by atoms with E-state index in [1.807, 2.05) is 0 Å². The molecule has 0 saturated carbocycles. The minimum atomic E-state index is -1.13. The molecular weight excluding hydrogens is 218 g/mol. The van der Waals surface area contributed by atoms with Gasteiger partial charge in [0, 0.05) is 18.5 Å². The number of fused-ring (bicyclic) bond motifs is 1. The van der Waals surface area contributed by atoms with Crippen molar-refractivity contribution in [1.82, 2.24) is 9.38 Å². The van der Waals surface area contributed by atoms with E-state index in [9.17, 15) is 9.59 Å². The SMILES string of the molecule is NC(C(=O)O)c1cn2c(=O)ccnc2s1. The third-order valence-corrected chi connectivity index (χ3v) is 2.96. The predicted octanol–water partition coefficient (Wildman–Crippen LogP) is -0.160. The number of aromatic nitrogens is 2. The van der Waals surface area contributed by atoms with Crippen LogP contribution in [0.3, 0.4) is 0 Å². The minimum Gasteiger partial charge on any atom is -0.480 e. The summed E-state index contributed by atoms with van der Waals surface area (Å²) in [7, 11) is 0. The van der Waals surface area contributed by atoms with Gasteiger partial charge in [-0.3, -0.25) is 14.0 Å². The maximum Gasteiger partial charge on any atom is 0.326 e. The molecular formula is C8H7N3O3S. The third kappa shape index (κ3) is 1.62. The lowest BCUT2D eigenvalue weighted by Gasteiger charge is -1.99. The van der Waals surface area contributed by atoms with Gasteiger partial charge in [-0.2, -0.15) is 0 Å². The van der Waals surface area contributed by atoms with Crippen molar-refractivity contribution in [3.05, 3.63) is 33.7 Å². The molecule has 2 aromatic heterocycles. The third-order valence-electron chi connectivity index (χ3n) is 1.88. The molecule has 1 unspecified atom stereocenters. The Kier molecular flexibility index (Phi) is 2.25. The molecule has 15 heavy (non-hydrogen) atoms. The van der Waals surface area contributed by atoms with Crippen LogP contribution in [0.1, 0.15) is 10.9 Å². The van der Waals surface area contributed by atoms with Gasteiger partial charge < -0.3 is 10.8 Å². The zero-order valence-electron chi connectivity index (χ0n) is 7.45. The molecule has 2 rings (SSSR count). The van der Waals surface area contributed by atoms with Crippen LogP contribution in [0.4, 0.5) is 0 Å². The first-order valence-electron chi connectivity index (χ1n) is 4.05. The van der Waals surface area contributed by atoms with Gasteiger partial charge in [0.25, 0.3) is 5.56 Å². The lowest BCUT2D eigenvalue weighted by molar-refractivity contribution is -0.138. The highest BCUT2D eigenvalue weighted by atomic mass is 32.1. The number of hydrogen-bond acceptors (Lipinski definition) is 5. The molecule has 6 nitrogen and oxygen atoms in total. The van der Waals surface area contributed by atoms with Gasteiger partial charge in [0.2, 0.25) is 0 Å². The second-order valence-electron chi connectivity index (χ2n) is 2.89. The minimum absolute atomic E-state index is 0.250. The van der Waals surface area contributed by atoms with Crippen molar-refractivity contribution >= 4 is 22.3 Å². The Morgan fingerprint density at radius 2 is 2.40 bits per heavy atom. The Balaban J connectivity index is 2.62. The number of carboxylic acids is 1. The summed E-state index contributed by atoms with van der Waals surface area (Å²) in [6.45, 7) is 0. The van der Waals surface area contributed by atoms with Crippen LogP contribution in [0.2, 0.25) is 0 Å². The van der Waals surface area contributed by atoms with E-state index in [4.69, 9.17) is 10.8 Å². The van der Waals surface area contributed by atoms with Crippen LogP contribution in [-0.2, 0) is 4.79 Å². The van der Waals surface area contributed by atoms with E-state index in [-0.39, 0.29) is 5.56 Å². The van der Waals surface area contributed by atoms with Crippen molar-refractivity contribution in [2.24, 2.45) is 5.73 Å². The van der Waals surface area contributed by atoms with Crippen LogP contribution in [0.25, 0.3) is 4.96 Å². The Labute approximate surface area is 87.6 Å². The van der Waals surface area contributed by atoms with E-state index in [2.05, 4.69) is 4.98 Å². The summed E-state index contributed by atoms with van der Waals surface area (Å²) in [5.41, 5.74) is 5.17. The highest BCUT2D eigenvalue weighted by molar-refractivity contribution is 7.17. The molecule has 78 valence electrons. The number of hydrogen-bond donors (Lipinski definition) is 2. The molecule has 0 saturated heterocycles. The topological polar surface area (TPSA) is 97.7 Å². The van der Waals surface area contributed by atoms with E-state index in [1.165, 1.54) is 22.9 Å². The van der Waals surface area contributed by atoms with E-state index >= 15 is 0 Å². The molecule has 2 aromatic rings. The Morgan fingerprint density at radius 3 is 3.00 bits per heavy atom. The summed E-state index contributed by atoms with van der Waals surface area (Å²) >= 11 is 1.09. The number of nitrogens with zero attached hydrogens (tertiary/aromatic N) is 2. The fraction of sp³-hybridized carbons (Fsp3) is 0.125. The number of aliphatic carboxylic acids is 1. The van der Waals surface area contributed by atoms with E-state index in [0.717, 1.165) is 11.3 Å².